The Bertz CT molecular complexity index is 298. The number of benzene rings is 1. The third kappa shape index (κ3) is 1.68. The van der Waals surface area contributed by atoms with E-state index in [0.717, 1.165) is 0 Å². The molecule has 1 aromatic carbocycles. The van der Waals surface area contributed by atoms with Gasteiger partial charge in [0.15, 0.2) is 0 Å². The van der Waals surface area contributed by atoms with Crippen LogP contribution in [0, 0.1) is 17.0 Å². The van der Waals surface area contributed by atoms with Crippen LogP contribution in [-0.4, -0.2) is 4.92 Å². The quantitative estimate of drug-likeness (QED) is 0.480. The summed E-state index contributed by atoms with van der Waals surface area (Å²) >= 11 is 5.56. The van der Waals surface area contributed by atoms with Crippen molar-refractivity contribution in [3.8, 4) is 0 Å². The summed E-state index contributed by atoms with van der Waals surface area (Å²) in [5.41, 5.74) is 0.330. The third-order valence-corrected chi connectivity index (χ3v) is 1.47. The van der Waals surface area contributed by atoms with E-state index in [4.69, 9.17) is 11.6 Å². The minimum atomic E-state index is -0.487. The lowest BCUT2D eigenvalue weighted by Crippen LogP contribution is -1.90. The molecule has 0 N–H and O–H groups in total. The molecule has 1 aromatic rings. The highest BCUT2D eigenvalue weighted by Gasteiger charge is 2.08. The van der Waals surface area contributed by atoms with Crippen LogP contribution in [0.15, 0.2) is 18.2 Å². The molecule has 0 bridgehead atoms. The first kappa shape index (κ1) is 8.01. The maximum atomic E-state index is 10.3. The van der Waals surface area contributed by atoms with Crippen LogP contribution in [0.25, 0.3) is 0 Å². The predicted octanol–water partition coefficient (Wildman–Crippen LogP) is 2.43. The van der Waals surface area contributed by atoms with Crippen molar-refractivity contribution in [1.29, 1.82) is 0 Å². The fourth-order valence-corrected chi connectivity index (χ4v) is 0.927. The number of hydrogen-bond donors (Lipinski definition) is 0. The Morgan fingerprint density at radius 2 is 2.18 bits per heavy atom. The van der Waals surface area contributed by atoms with Crippen molar-refractivity contribution < 1.29 is 4.92 Å². The molecule has 4 heteroatoms. The molecule has 0 unspecified atom stereocenters. The lowest BCUT2D eigenvalue weighted by atomic mass is 10.2. The van der Waals surface area contributed by atoms with Gasteiger partial charge in [-0.05, 0) is 19.1 Å². The molecule has 0 saturated carbocycles. The van der Waals surface area contributed by atoms with Gasteiger partial charge in [-0.2, -0.15) is 0 Å². The molecule has 1 radical (unpaired) electrons. The predicted molar refractivity (Wildman–Crippen MR) is 42.6 cm³/mol. The van der Waals surface area contributed by atoms with Crippen molar-refractivity contribution in [2.24, 2.45) is 0 Å². The van der Waals surface area contributed by atoms with Crippen molar-refractivity contribution in [2.75, 3.05) is 0 Å². The molecule has 0 aromatic heterocycles. The first-order chi connectivity index (χ1) is 5.11. The van der Waals surface area contributed by atoms with E-state index in [0.29, 0.717) is 10.6 Å². The summed E-state index contributed by atoms with van der Waals surface area (Å²) in [5.74, 6) is 0. The molecule has 1 rings (SSSR count). The number of nitro benzene ring substituents is 1. The molecule has 0 spiro atoms. The fraction of sp³-hybridized carbons (Fsp3) is 0. The zero-order valence-electron chi connectivity index (χ0n) is 5.58. The van der Waals surface area contributed by atoms with Crippen LogP contribution >= 0.6 is 11.6 Å². The Morgan fingerprint density at radius 1 is 1.55 bits per heavy atom. The summed E-state index contributed by atoms with van der Waals surface area (Å²) in [4.78, 5) is 9.77. The van der Waals surface area contributed by atoms with Gasteiger partial charge < -0.3 is 0 Å². The first-order valence-corrected chi connectivity index (χ1v) is 3.25. The fourth-order valence-electron chi connectivity index (χ4n) is 0.732. The second-order valence-electron chi connectivity index (χ2n) is 2.03. The summed E-state index contributed by atoms with van der Waals surface area (Å²) in [6.45, 7) is 3.48. The minimum Gasteiger partial charge on any atom is -0.258 e. The Labute approximate surface area is 68.8 Å². The highest BCUT2D eigenvalue weighted by Crippen LogP contribution is 2.20. The summed E-state index contributed by atoms with van der Waals surface area (Å²) < 4.78 is 0. The number of nitrogens with zero attached hydrogens (tertiary/aromatic N) is 1. The first-order valence-electron chi connectivity index (χ1n) is 2.87. The zero-order chi connectivity index (χ0) is 8.43. The smallest absolute Gasteiger partial charge is 0.258 e. The van der Waals surface area contributed by atoms with E-state index in [1.54, 1.807) is 0 Å². The van der Waals surface area contributed by atoms with Gasteiger partial charge in [0.2, 0.25) is 0 Å². The van der Waals surface area contributed by atoms with E-state index in [2.05, 4.69) is 6.92 Å². The van der Waals surface area contributed by atoms with Crippen molar-refractivity contribution in [1.82, 2.24) is 0 Å². The van der Waals surface area contributed by atoms with Gasteiger partial charge in [-0.1, -0.05) is 11.6 Å². The molecule has 57 valence electrons. The van der Waals surface area contributed by atoms with Crippen LogP contribution in [-0.2, 0) is 0 Å². The van der Waals surface area contributed by atoms with Gasteiger partial charge >= 0.3 is 0 Å². The van der Waals surface area contributed by atoms with Crippen LogP contribution in [0.5, 0.6) is 0 Å². The number of halogens is 1. The molecule has 0 aliphatic carbocycles. The molecule has 0 fully saturated rings. The second kappa shape index (κ2) is 2.88. The minimum absolute atomic E-state index is 0.00519. The highest BCUT2D eigenvalue weighted by molar-refractivity contribution is 6.30. The van der Waals surface area contributed by atoms with Gasteiger partial charge in [-0.15, -0.1) is 0 Å². The SMILES string of the molecule is [CH2]c1cc(Cl)ccc1[N+](=O)[O-]. The van der Waals surface area contributed by atoms with Crippen molar-refractivity contribution in [3.63, 3.8) is 0 Å². The van der Waals surface area contributed by atoms with E-state index in [-0.39, 0.29) is 5.69 Å². The maximum absolute atomic E-state index is 10.3. The summed E-state index contributed by atoms with van der Waals surface area (Å²) in [6.07, 6.45) is 0. The van der Waals surface area contributed by atoms with Crippen LogP contribution in [0.1, 0.15) is 5.56 Å². The molecule has 0 amide bonds. The van der Waals surface area contributed by atoms with Crippen LogP contribution in [0.4, 0.5) is 5.69 Å². The van der Waals surface area contributed by atoms with Gasteiger partial charge in [0, 0.05) is 16.7 Å². The highest BCUT2D eigenvalue weighted by atomic mass is 35.5. The average molecular weight is 171 g/mol. The van der Waals surface area contributed by atoms with Crippen LogP contribution in [0.2, 0.25) is 5.02 Å². The maximum Gasteiger partial charge on any atom is 0.272 e. The number of hydrogen-bond acceptors (Lipinski definition) is 2. The molecule has 0 aliphatic rings. The molecular formula is C7H5ClNO2. The van der Waals surface area contributed by atoms with Crippen molar-refractivity contribution >= 4 is 17.3 Å². The van der Waals surface area contributed by atoms with Crippen molar-refractivity contribution in [3.05, 3.63) is 45.8 Å². The van der Waals surface area contributed by atoms with Crippen molar-refractivity contribution in [2.45, 2.75) is 0 Å². The monoisotopic (exact) mass is 170 g/mol. The Morgan fingerprint density at radius 3 is 2.64 bits per heavy atom. The van der Waals surface area contributed by atoms with E-state index in [1.165, 1.54) is 18.2 Å². The second-order valence-corrected chi connectivity index (χ2v) is 2.47. The number of nitro groups is 1. The lowest BCUT2D eigenvalue weighted by Gasteiger charge is -1.95. The van der Waals surface area contributed by atoms with Gasteiger partial charge in [-0.25, -0.2) is 0 Å². The van der Waals surface area contributed by atoms with Crippen LogP contribution in [0.3, 0.4) is 0 Å². The molecule has 0 aliphatic heterocycles. The molecular weight excluding hydrogens is 166 g/mol. The van der Waals surface area contributed by atoms with E-state index in [1.807, 2.05) is 0 Å². The molecule has 0 heterocycles. The van der Waals surface area contributed by atoms with E-state index in [9.17, 15) is 10.1 Å². The van der Waals surface area contributed by atoms with Gasteiger partial charge in [0.1, 0.15) is 0 Å². The van der Waals surface area contributed by atoms with Gasteiger partial charge in [0.25, 0.3) is 5.69 Å². The third-order valence-electron chi connectivity index (χ3n) is 1.24. The summed E-state index contributed by atoms with van der Waals surface area (Å²) in [6, 6.07) is 4.26. The Kier molecular flexibility index (Phi) is 2.10. The molecule has 3 nitrogen and oxygen atoms in total. The largest absolute Gasteiger partial charge is 0.272 e. The Hall–Kier alpha value is -1.09. The Balaban J connectivity index is 3.20. The average Bonchev–Trinajstić information content (AvgIpc) is 1.85. The standard InChI is InChI=1S/C7H5ClNO2/c1-5-4-6(8)2-3-7(5)9(10)11/h2-4H,1H2. The molecule has 11 heavy (non-hydrogen) atoms. The van der Waals surface area contributed by atoms with E-state index >= 15 is 0 Å². The van der Waals surface area contributed by atoms with Gasteiger partial charge in [-0.3, -0.25) is 10.1 Å². The topological polar surface area (TPSA) is 43.1 Å². The lowest BCUT2D eigenvalue weighted by molar-refractivity contribution is -0.385. The van der Waals surface area contributed by atoms with Crippen LogP contribution < -0.4 is 0 Å². The molecule has 0 atom stereocenters. The zero-order valence-corrected chi connectivity index (χ0v) is 6.34. The summed E-state index contributed by atoms with van der Waals surface area (Å²) in [7, 11) is 0. The normalized spacial score (nSPS) is 9.64. The molecule has 0 saturated heterocycles. The number of rotatable bonds is 1. The van der Waals surface area contributed by atoms with Gasteiger partial charge in [0.05, 0.1) is 4.92 Å². The van der Waals surface area contributed by atoms with E-state index < -0.39 is 4.92 Å². The summed E-state index contributed by atoms with van der Waals surface area (Å²) in [5, 5.41) is 10.7.